The Morgan fingerprint density at radius 1 is 1.27 bits per heavy atom. The lowest BCUT2D eigenvalue weighted by molar-refractivity contribution is -0.133. The highest BCUT2D eigenvalue weighted by Crippen LogP contribution is 2.30. The van der Waals surface area contributed by atoms with Gasteiger partial charge in [-0.05, 0) is 38.2 Å². The Balaban J connectivity index is 1.99. The molecule has 0 spiro atoms. The average Bonchev–Trinajstić information content (AvgIpc) is 3.46. The van der Waals surface area contributed by atoms with Crippen molar-refractivity contribution >= 4 is 11.8 Å². The second kappa shape index (κ2) is 9.57. The lowest BCUT2D eigenvalue weighted by Gasteiger charge is -2.23. The summed E-state index contributed by atoms with van der Waals surface area (Å²) in [7, 11) is 3.38. The van der Waals surface area contributed by atoms with Crippen LogP contribution in [-0.2, 0) is 14.3 Å². The molecular formula is C20H30N2O4. The third-order valence-corrected chi connectivity index (χ3v) is 4.52. The normalized spacial score (nSPS) is 15.8. The third kappa shape index (κ3) is 6.02. The molecule has 1 N–H and O–H groups in total. The second-order valence-electron chi connectivity index (χ2n) is 7.00. The van der Waals surface area contributed by atoms with E-state index in [4.69, 9.17) is 9.47 Å². The molecule has 26 heavy (non-hydrogen) atoms. The van der Waals surface area contributed by atoms with Gasteiger partial charge in [0.2, 0.25) is 5.91 Å². The molecule has 0 aliphatic heterocycles. The number of rotatable bonds is 10. The fourth-order valence-electron chi connectivity index (χ4n) is 2.50. The topological polar surface area (TPSA) is 67.9 Å². The van der Waals surface area contributed by atoms with Crippen molar-refractivity contribution in [3.8, 4) is 5.75 Å². The molecule has 144 valence electrons. The molecule has 1 aromatic carbocycles. The first-order valence-corrected chi connectivity index (χ1v) is 9.26. The lowest BCUT2D eigenvalue weighted by Crippen LogP contribution is -2.37. The molecule has 2 atom stereocenters. The molecule has 1 aliphatic rings. The average molecular weight is 362 g/mol. The van der Waals surface area contributed by atoms with Crippen molar-refractivity contribution < 1.29 is 19.1 Å². The van der Waals surface area contributed by atoms with Gasteiger partial charge >= 0.3 is 0 Å². The highest BCUT2D eigenvalue weighted by atomic mass is 16.5. The fourth-order valence-corrected chi connectivity index (χ4v) is 2.50. The van der Waals surface area contributed by atoms with Gasteiger partial charge in [0, 0.05) is 19.7 Å². The van der Waals surface area contributed by atoms with Crippen LogP contribution in [0.4, 0.5) is 0 Å². The van der Waals surface area contributed by atoms with Crippen LogP contribution in [0.3, 0.4) is 0 Å². The first-order valence-electron chi connectivity index (χ1n) is 9.26. The van der Waals surface area contributed by atoms with Crippen molar-refractivity contribution in [2.24, 2.45) is 5.92 Å². The van der Waals surface area contributed by atoms with Crippen LogP contribution in [0, 0.1) is 5.92 Å². The maximum Gasteiger partial charge on any atom is 0.259 e. The van der Waals surface area contributed by atoms with E-state index in [1.807, 2.05) is 31.2 Å². The minimum Gasteiger partial charge on any atom is -0.483 e. The Morgan fingerprint density at radius 3 is 2.58 bits per heavy atom. The standard InChI is InChI=1S/C20H30N2O4/c1-5-17(21-20(24)14(2)25-12-15-10-11-15)16-8-6-7-9-18(16)26-13-19(23)22(3)4/h6-9,14-15,17H,5,10-13H2,1-4H3,(H,21,24). The van der Waals surface area contributed by atoms with E-state index in [1.54, 1.807) is 21.0 Å². The van der Waals surface area contributed by atoms with Gasteiger partial charge in [-0.25, -0.2) is 0 Å². The zero-order valence-electron chi connectivity index (χ0n) is 16.2. The summed E-state index contributed by atoms with van der Waals surface area (Å²) in [6.45, 7) is 4.40. The summed E-state index contributed by atoms with van der Waals surface area (Å²) in [5, 5.41) is 3.04. The van der Waals surface area contributed by atoms with E-state index in [-0.39, 0.29) is 24.5 Å². The number of nitrogens with one attached hydrogen (secondary N) is 1. The smallest absolute Gasteiger partial charge is 0.259 e. The molecule has 1 fully saturated rings. The third-order valence-electron chi connectivity index (χ3n) is 4.52. The predicted octanol–water partition coefficient (Wildman–Crippen LogP) is 2.54. The summed E-state index contributed by atoms with van der Waals surface area (Å²) in [5.74, 6) is 0.993. The molecule has 0 radical (unpaired) electrons. The van der Waals surface area contributed by atoms with E-state index in [9.17, 15) is 9.59 Å². The maximum absolute atomic E-state index is 12.4. The summed E-state index contributed by atoms with van der Waals surface area (Å²) >= 11 is 0. The lowest BCUT2D eigenvalue weighted by atomic mass is 10.0. The van der Waals surface area contributed by atoms with Crippen molar-refractivity contribution in [1.82, 2.24) is 10.2 Å². The fraction of sp³-hybridized carbons (Fsp3) is 0.600. The minimum absolute atomic E-state index is 0.0324. The maximum atomic E-state index is 12.4. The van der Waals surface area contributed by atoms with Crippen molar-refractivity contribution in [2.75, 3.05) is 27.3 Å². The number of para-hydroxylation sites is 1. The molecule has 0 aromatic heterocycles. The Hall–Kier alpha value is -2.08. The predicted molar refractivity (Wildman–Crippen MR) is 99.9 cm³/mol. The van der Waals surface area contributed by atoms with Gasteiger partial charge in [0.15, 0.2) is 6.61 Å². The van der Waals surface area contributed by atoms with Crippen molar-refractivity contribution in [2.45, 2.75) is 45.3 Å². The molecule has 2 amide bonds. The van der Waals surface area contributed by atoms with Crippen LogP contribution in [0.2, 0.25) is 0 Å². The number of benzene rings is 1. The van der Waals surface area contributed by atoms with Gasteiger partial charge in [-0.1, -0.05) is 25.1 Å². The molecule has 6 nitrogen and oxygen atoms in total. The van der Waals surface area contributed by atoms with Gasteiger partial charge in [-0.3, -0.25) is 9.59 Å². The van der Waals surface area contributed by atoms with Crippen LogP contribution < -0.4 is 10.1 Å². The van der Waals surface area contributed by atoms with E-state index in [2.05, 4.69) is 5.32 Å². The van der Waals surface area contributed by atoms with Gasteiger partial charge in [-0.15, -0.1) is 0 Å². The molecule has 1 aromatic rings. The molecule has 1 aliphatic carbocycles. The molecule has 1 saturated carbocycles. The first-order chi connectivity index (χ1) is 12.4. The highest BCUT2D eigenvalue weighted by molar-refractivity contribution is 5.81. The first kappa shape index (κ1) is 20.2. The van der Waals surface area contributed by atoms with Gasteiger partial charge in [-0.2, -0.15) is 0 Å². The van der Waals surface area contributed by atoms with E-state index in [0.29, 0.717) is 24.7 Å². The van der Waals surface area contributed by atoms with Crippen LogP contribution in [-0.4, -0.2) is 50.1 Å². The summed E-state index contributed by atoms with van der Waals surface area (Å²) in [5.41, 5.74) is 0.865. The molecule has 0 bridgehead atoms. The summed E-state index contributed by atoms with van der Waals surface area (Å²) in [4.78, 5) is 25.7. The van der Waals surface area contributed by atoms with Gasteiger partial charge in [0.1, 0.15) is 11.9 Å². The number of amides is 2. The van der Waals surface area contributed by atoms with Gasteiger partial charge < -0.3 is 19.7 Å². The zero-order valence-corrected chi connectivity index (χ0v) is 16.2. The van der Waals surface area contributed by atoms with Gasteiger partial charge in [0.05, 0.1) is 12.6 Å². The van der Waals surface area contributed by atoms with Crippen LogP contribution in [0.25, 0.3) is 0 Å². The summed E-state index contributed by atoms with van der Waals surface area (Å²) in [6, 6.07) is 7.30. The molecule has 6 heteroatoms. The van der Waals surface area contributed by atoms with Crippen molar-refractivity contribution in [3.05, 3.63) is 29.8 Å². The van der Waals surface area contributed by atoms with E-state index in [0.717, 1.165) is 5.56 Å². The Labute approximate surface area is 155 Å². The van der Waals surface area contributed by atoms with E-state index < -0.39 is 6.10 Å². The highest BCUT2D eigenvalue weighted by Gasteiger charge is 2.25. The number of ether oxygens (including phenoxy) is 2. The van der Waals surface area contributed by atoms with Crippen LogP contribution in [0.5, 0.6) is 5.75 Å². The monoisotopic (exact) mass is 362 g/mol. The number of carbonyl (C=O) groups is 2. The minimum atomic E-state index is -0.479. The molecular weight excluding hydrogens is 332 g/mol. The number of carbonyl (C=O) groups excluding carboxylic acids is 2. The SMILES string of the molecule is CCC(NC(=O)C(C)OCC1CC1)c1ccccc1OCC(=O)N(C)C. The van der Waals surface area contributed by atoms with Gasteiger partial charge in [0.25, 0.3) is 5.91 Å². The molecule has 2 rings (SSSR count). The largest absolute Gasteiger partial charge is 0.483 e. The Kier molecular flexibility index (Phi) is 7.45. The van der Waals surface area contributed by atoms with Crippen LogP contribution in [0.1, 0.15) is 44.7 Å². The number of hydrogen-bond donors (Lipinski definition) is 1. The van der Waals surface area contributed by atoms with Crippen molar-refractivity contribution in [1.29, 1.82) is 0 Å². The molecule has 2 unspecified atom stereocenters. The van der Waals surface area contributed by atoms with Crippen molar-refractivity contribution in [3.63, 3.8) is 0 Å². The number of hydrogen-bond acceptors (Lipinski definition) is 4. The van der Waals surface area contributed by atoms with Crippen LogP contribution in [0.15, 0.2) is 24.3 Å². The Morgan fingerprint density at radius 2 is 1.96 bits per heavy atom. The zero-order chi connectivity index (χ0) is 19.1. The number of nitrogens with zero attached hydrogens (tertiary/aromatic N) is 1. The number of likely N-dealkylation sites (N-methyl/N-ethyl adjacent to an activating group) is 1. The Bertz CT molecular complexity index is 614. The molecule has 0 heterocycles. The second-order valence-corrected chi connectivity index (χ2v) is 7.00. The summed E-state index contributed by atoms with van der Waals surface area (Å²) < 4.78 is 11.3. The molecule has 0 saturated heterocycles. The van der Waals surface area contributed by atoms with E-state index >= 15 is 0 Å². The van der Waals surface area contributed by atoms with Crippen LogP contribution >= 0.6 is 0 Å². The quantitative estimate of drug-likeness (QED) is 0.694. The summed E-state index contributed by atoms with van der Waals surface area (Å²) in [6.07, 6.45) is 2.63. The van der Waals surface area contributed by atoms with E-state index in [1.165, 1.54) is 17.7 Å².